The summed E-state index contributed by atoms with van der Waals surface area (Å²) < 4.78 is 0. The van der Waals surface area contributed by atoms with E-state index in [1.807, 2.05) is 18.2 Å². The molecule has 1 N–H and O–H groups in total. The molecule has 0 fully saturated rings. The number of carbonyl (C=O) groups excluding carboxylic acids is 2. The lowest BCUT2D eigenvalue weighted by Gasteiger charge is -2.13. The molecule has 0 saturated carbocycles. The van der Waals surface area contributed by atoms with Crippen molar-refractivity contribution in [1.29, 1.82) is 0 Å². The van der Waals surface area contributed by atoms with Crippen molar-refractivity contribution in [3.63, 3.8) is 0 Å². The second-order valence-electron chi connectivity index (χ2n) is 4.73. The third-order valence-corrected chi connectivity index (χ3v) is 3.30. The standard InChI is InChI=1S/C16H11NO5/c18-14-12-7-6-11(16(20)21)8-13(12)15(19)17(14)22-9-10-4-2-1-3-5-10/h1-8H,9H2,(H,20,21). The number of carboxylic acids is 1. The second kappa shape index (κ2) is 5.42. The Morgan fingerprint density at radius 3 is 2.36 bits per heavy atom. The number of hydrogen-bond acceptors (Lipinski definition) is 4. The predicted molar refractivity (Wildman–Crippen MR) is 75.1 cm³/mol. The number of carboxylic acid groups (broad SMARTS) is 1. The Balaban J connectivity index is 1.82. The summed E-state index contributed by atoms with van der Waals surface area (Å²) in [5.41, 5.74) is 0.941. The fraction of sp³-hybridized carbons (Fsp3) is 0.0625. The summed E-state index contributed by atoms with van der Waals surface area (Å²) in [6.45, 7) is 0.0676. The van der Waals surface area contributed by atoms with Crippen LogP contribution in [0.5, 0.6) is 0 Å². The molecular formula is C16H11NO5. The highest BCUT2D eigenvalue weighted by Gasteiger charge is 2.37. The van der Waals surface area contributed by atoms with Gasteiger partial charge < -0.3 is 5.11 Å². The normalized spacial score (nSPS) is 13.4. The molecule has 1 aliphatic heterocycles. The summed E-state index contributed by atoms with van der Waals surface area (Å²) in [7, 11) is 0. The van der Waals surface area contributed by atoms with E-state index in [0.717, 1.165) is 5.56 Å². The molecular weight excluding hydrogens is 286 g/mol. The van der Waals surface area contributed by atoms with Crippen LogP contribution in [-0.2, 0) is 11.4 Å². The molecule has 2 aromatic rings. The topological polar surface area (TPSA) is 83.9 Å². The average Bonchev–Trinajstić information content (AvgIpc) is 2.77. The molecule has 6 heteroatoms. The maximum Gasteiger partial charge on any atom is 0.335 e. The van der Waals surface area contributed by atoms with Crippen molar-refractivity contribution < 1.29 is 24.3 Å². The molecule has 6 nitrogen and oxygen atoms in total. The third kappa shape index (κ3) is 2.36. The molecule has 0 spiro atoms. The van der Waals surface area contributed by atoms with Crippen LogP contribution in [0.4, 0.5) is 0 Å². The van der Waals surface area contributed by atoms with E-state index in [1.165, 1.54) is 18.2 Å². The van der Waals surface area contributed by atoms with Crippen molar-refractivity contribution in [1.82, 2.24) is 5.06 Å². The molecule has 0 unspecified atom stereocenters. The van der Waals surface area contributed by atoms with Gasteiger partial charge in [0.1, 0.15) is 6.61 Å². The summed E-state index contributed by atoms with van der Waals surface area (Å²) in [6, 6.07) is 12.9. The van der Waals surface area contributed by atoms with Crippen molar-refractivity contribution in [3.05, 3.63) is 70.8 Å². The van der Waals surface area contributed by atoms with E-state index < -0.39 is 17.8 Å². The van der Waals surface area contributed by atoms with Gasteiger partial charge in [-0.25, -0.2) is 4.79 Å². The number of hydrogen-bond donors (Lipinski definition) is 1. The zero-order valence-corrected chi connectivity index (χ0v) is 11.4. The Morgan fingerprint density at radius 1 is 1.00 bits per heavy atom. The van der Waals surface area contributed by atoms with Crippen LogP contribution in [0.1, 0.15) is 36.6 Å². The Kier molecular flexibility index (Phi) is 3.44. The Bertz CT molecular complexity index is 769. The highest BCUT2D eigenvalue weighted by Crippen LogP contribution is 2.25. The van der Waals surface area contributed by atoms with Crippen LogP contribution >= 0.6 is 0 Å². The van der Waals surface area contributed by atoms with E-state index in [1.54, 1.807) is 12.1 Å². The Morgan fingerprint density at radius 2 is 1.68 bits per heavy atom. The lowest BCUT2D eigenvalue weighted by molar-refractivity contribution is -0.101. The zero-order valence-electron chi connectivity index (χ0n) is 11.4. The molecule has 0 aromatic heterocycles. The maximum absolute atomic E-state index is 12.2. The van der Waals surface area contributed by atoms with Crippen LogP contribution < -0.4 is 0 Å². The van der Waals surface area contributed by atoms with Crippen LogP contribution in [-0.4, -0.2) is 28.0 Å². The minimum absolute atomic E-state index is 0.0398. The number of rotatable bonds is 4. The monoisotopic (exact) mass is 297 g/mol. The van der Waals surface area contributed by atoms with Gasteiger partial charge in [0.15, 0.2) is 0 Å². The summed E-state index contributed by atoms with van der Waals surface area (Å²) in [5.74, 6) is -2.40. The average molecular weight is 297 g/mol. The van der Waals surface area contributed by atoms with Gasteiger partial charge in [-0.2, -0.15) is 0 Å². The fourth-order valence-electron chi connectivity index (χ4n) is 2.18. The number of benzene rings is 2. The molecule has 3 rings (SSSR count). The Hall–Kier alpha value is -2.99. The smallest absolute Gasteiger partial charge is 0.335 e. The number of fused-ring (bicyclic) bond motifs is 1. The first-order chi connectivity index (χ1) is 10.6. The van der Waals surface area contributed by atoms with Crippen molar-refractivity contribution in [2.75, 3.05) is 0 Å². The molecule has 2 aromatic carbocycles. The fourth-order valence-corrected chi connectivity index (χ4v) is 2.18. The van der Waals surface area contributed by atoms with E-state index in [9.17, 15) is 14.4 Å². The molecule has 0 radical (unpaired) electrons. The summed E-state index contributed by atoms with van der Waals surface area (Å²) in [5, 5.41) is 9.62. The molecule has 1 heterocycles. The molecule has 2 amide bonds. The van der Waals surface area contributed by atoms with Gasteiger partial charge in [-0.05, 0) is 23.8 Å². The van der Waals surface area contributed by atoms with Crippen molar-refractivity contribution in [3.8, 4) is 0 Å². The van der Waals surface area contributed by atoms with Crippen LogP contribution in [0.15, 0.2) is 48.5 Å². The number of hydroxylamine groups is 2. The zero-order chi connectivity index (χ0) is 15.7. The van der Waals surface area contributed by atoms with Gasteiger partial charge in [0.25, 0.3) is 11.8 Å². The minimum Gasteiger partial charge on any atom is -0.478 e. The molecule has 0 atom stereocenters. The van der Waals surface area contributed by atoms with Gasteiger partial charge in [0.2, 0.25) is 0 Å². The first kappa shape index (κ1) is 14.0. The van der Waals surface area contributed by atoms with Gasteiger partial charge in [0.05, 0.1) is 16.7 Å². The lowest BCUT2D eigenvalue weighted by atomic mass is 10.1. The Labute approximate surface area is 125 Å². The largest absolute Gasteiger partial charge is 0.478 e. The van der Waals surface area contributed by atoms with Crippen LogP contribution in [0.3, 0.4) is 0 Å². The maximum atomic E-state index is 12.2. The predicted octanol–water partition coefficient (Wildman–Crippen LogP) is 2.11. The first-order valence-electron chi connectivity index (χ1n) is 6.51. The van der Waals surface area contributed by atoms with Gasteiger partial charge in [0, 0.05) is 0 Å². The van der Waals surface area contributed by atoms with Crippen LogP contribution in [0.25, 0.3) is 0 Å². The van der Waals surface area contributed by atoms with Crippen LogP contribution in [0, 0.1) is 0 Å². The molecule has 110 valence electrons. The highest BCUT2D eigenvalue weighted by atomic mass is 16.7. The quantitative estimate of drug-likeness (QED) is 0.874. The highest BCUT2D eigenvalue weighted by molar-refractivity contribution is 6.21. The number of imide groups is 1. The van der Waals surface area contributed by atoms with Crippen LogP contribution in [0.2, 0.25) is 0 Å². The summed E-state index contributed by atoms with van der Waals surface area (Å²) >= 11 is 0. The van der Waals surface area contributed by atoms with Crippen molar-refractivity contribution in [2.24, 2.45) is 0 Å². The van der Waals surface area contributed by atoms with Gasteiger partial charge in [-0.3, -0.25) is 14.4 Å². The minimum atomic E-state index is -1.16. The van der Waals surface area contributed by atoms with E-state index in [2.05, 4.69) is 0 Å². The lowest BCUT2D eigenvalue weighted by Crippen LogP contribution is -2.29. The number of nitrogens with zero attached hydrogens (tertiary/aromatic N) is 1. The summed E-state index contributed by atoms with van der Waals surface area (Å²) in [4.78, 5) is 40.6. The number of amides is 2. The second-order valence-corrected chi connectivity index (χ2v) is 4.73. The number of carbonyl (C=O) groups is 3. The van der Waals surface area contributed by atoms with Crippen molar-refractivity contribution in [2.45, 2.75) is 6.61 Å². The molecule has 1 aliphatic rings. The first-order valence-corrected chi connectivity index (χ1v) is 6.51. The SMILES string of the molecule is O=C(O)c1ccc2c(c1)C(=O)N(OCc1ccccc1)C2=O. The van der Waals surface area contributed by atoms with Gasteiger partial charge in [-0.1, -0.05) is 30.3 Å². The number of aromatic carboxylic acids is 1. The van der Waals surface area contributed by atoms with E-state index in [-0.39, 0.29) is 23.3 Å². The summed E-state index contributed by atoms with van der Waals surface area (Å²) in [6.07, 6.45) is 0. The van der Waals surface area contributed by atoms with E-state index in [4.69, 9.17) is 9.94 Å². The molecule has 0 saturated heterocycles. The molecule has 0 aliphatic carbocycles. The third-order valence-electron chi connectivity index (χ3n) is 3.30. The molecule has 22 heavy (non-hydrogen) atoms. The van der Waals surface area contributed by atoms with Crippen molar-refractivity contribution >= 4 is 17.8 Å². The molecule has 0 bridgehead atoms. The van der Waals surface area contributed by atoms with E-state index >= 15 is 0 Å². The van der Waals surface area contributed by atoms with Gasteiger partial charge in [-0.15, -0.1) is 5.06 Å². The van der Waals surface area contributed by atoms with Gasteiger partial charge >= 0.3 is 5.97 Å². The van der Waals surface area contributed by atoms with E-state index in [0.29, 0.717) is 5.06 Å².